The Hall–Kier alpha value is -2.26. The van der Waals surface area contributed by atoms with Crippen molar-refractivity contribution >= 4 is 38.2 Å². The first kappa shape index (κ1) is 15.6. The van der Waals surface area contributed by atoms with Crippen LogP contribution < -0.4 is 4.72 Å². The first-order valence-corrected chi connectivity index (χ1v) is 9.25. The van der Waals surface area contributed by atoms with Gasteiger partial charge in [0.1, 0.15) is 12.1 Å². The molecule has 0 saturated heterocycles. The van der Waals surface area contributed by atoms with E-state index >= 15 is 0 Å². The molecule has 120 valence electrons. The molecule has 23 heavy (non-hydrogen) atoms. The summed E-state index contributed by atoms with van der Waals surface area (Å²) in [6, 6.07) is 8.65. The average Bonchev–Trinajstić information content (AvgIpc) is 3.05. The molecule has 0 spiro atoms. The van der Waals surface area contributed by atoms with Gasteiger partial charge in [-0.05, 0) is 24.8 Å². The average molecular weight is 350 g/mol. The molecule has 0 bridgehead atoms. The van der Waals surface area contributed by atoms with Gasteiger partial charge in [-0.3, -0.25) is 9.82 Å². The molecule has 9 heteroatoms. The predicted octanol–water partition coefficient (Wildman–Crippen LogP) is 2.58. The molecule has 1 aromatic heterocycles. The molecule has 7 nitrogen and oxygen atoms in total. The second-order valence-corrected chi connectivity index (χ2v) is 7.76. The molecular formula is C14H14N4O3S2. The second-order valence-electron chi connectivity index (χ2n) is 4.71. The van der Waals surface area contributed by atoms with E-state index in [4.69, 9.17) is 0 Å². The molecule has 0 aliphatic rings. The Morgan fingerprint density at radius 1 is 1.30 bits per heavy atom. The van der Waals surface area contributed by atoms with Gasteiger partial charge in [-0.25, -0.2) is 13.4 Å². The number of sulfonamides is 1. The maximum atomic E-state index is 11.9. The van der Waals surface area contributed by atoms with Gasteiger partial charge in [0.25, 0.3) is 0 Å². The topological polar surface area (TPSA) is 108 Å². The van der Waals surface area contributed by atoms with Crippen LogP contribution in [0.2, 0.25) is 0 Å². The van der Waals surface area contributed by atoms with Gasteiger partial charge in [0.15, 0.2) is 5.16 Å². The van der Waals surface area contributed by atoms with E-state index in [1.807, 2.05) is 0 Å². The molecule has 2 aromatic carbocycles. The molecule has 0 aliphatic carbocycles. The summed E-state index contributed by atoms with van der Waals surface area (Å²) in [7, 11) is -3.43. The molecule has 0 saturated carbocycles. The van der Waals surface area contributed by atoms with Crippen LogP contribution in [0.1, 0.15) is 6.92 Å². The van der Waals surface area contributed by atoms with Crippen LogP contribution in [0.5, 0.6) is 5.75 Å². The summed E-state index contributed by atoms with van der Waals surface area (Å²) >= 11 is 1.17. The number of H-pyrrole nitrogens is 1. The van der Waals surface area contributed by atoms with E-state index in [0.29, 0.717) is 26.5 Å². The zero-order chi connectivity index (χ0) is 16.4. The minimum absolute atomic E-state index is 0.0349. The number of hydrogen-bond donors (Lipinski definition) is 3. The first-order valence-electron chi connectivity index (χ1n) is 6.78. The maximum Gasteiger partial charge on any atom is 0.232 e. The molecule has 3 N–H and O–H groups in total. The molecule has 0 aliphatic heterocycles. The van der Waals surface area contributed by atoms with Crippen molar-refractivity contribution in [2.75, 3.05) is 10.5 Å². The number of fused-ring (bicyclic) bond motifs is 1. The number of anilines is 1. The summed E-state index contributed by atoms with van der Waals surface area (Å²) in [6.07, 6.45) is 1.36. The summed E-state index contributed by atoms with van der Waals surface area (Å²) in [5, 5.41) is 18.6. The number of phenolic OH excluding ortho intramolecular Hbond substituents is 1. The van der Waals surface area contributed by atoms with Gasteiger partial charge in [0, 0.05) is 10.8 Å². The molecule has 0 unspecified atom stereocenters. The van der Waals surface area contributed by atoms with Crippen molar-refractivity contribution < 1.29 is 13.5 Å². The Morgan fingerprint density at radius 2 is 2.04 bits per heavy atom. The highest BCUT2D eigenvalue weighted by molar-refractivity contribution is 7.99. The number of nitrogens with zero attached hydrogens (tertiary/aromatic N) is 2. The van der Waals surface area contributed by atoms with Crippen molar-refractivity contribution in [3.63, 3.8) is 0 Å². The molecule has 1 heterocycles. The van der Waals surface area contributed by atoms with E-state index in [-0.39, 0.29) is 11.5 Å². The maximum absolute atomic E-state index is 11.9. The quantitative estimate of drug-likeness (QED) is 0.610. The monoisotopic (exact) mass is 350 g/mol. The van der Waals surface area contributed by atoms with E-state index in [1.54, 1.807) is 37.3 Å². The molecule has 0 radical (unpaired) electrons. The number of aromatic hydroxyl groups is 1. The fraction of sp³-hybridized carbons (Fsp3) is 0.143. The van der Waals surface area contributed by atoms with Gasteiger partial charge in [-0.15, -0.1) is 0 Å². The van der Waals surface area contributed by atoms with Gasteiger partial charge < -0.3 is 5.11 Å². The van der Waals surface area contributed by atoms with E-state index in [2.05, 4.69) is 19.9 Å². The lowest BCUT2D eigenvalue weighted by Crippen LogP contribution is -2.14. The molecule has 0 atom stereocenters. The summed E-state index contributed by atoms with van der Waals surface area (Å²) < 4.78 is 26.4. The smallest absolute Gasteiger partial charge is 0.232 e. The van der Waals surface area contributed by atoms with Crippen LogP contribution in [0.3, 0.4) is 0 Å². The number of aromatic nitrogens is 3. The third kappa shape index (κ3) is 3.25. The van der Waals surface area contributed by atoms with Crippen LogP contribution >= 0.6 is 11.8 Å². The highest BCUT2D eigenvalue weighted by atomic mass is 32.2. The second kappa shape index (κ2) is 6.09. The Kier molecular flexibility index (Phi) is 4.14. The van der Waals surface area contributed by atoms with Gasteiger partial charge in [0.05, 0.1) is 16.3 Å². The Labute approximate surface area is 137 Å². The third-order valence-electron chi connectivity index (χ3n) is 3.23. The minimum Gasteiger partial charge on any atom is -0.506 e. The molecule has 3 aromatic rings. The highest BCUT2D eigenvalue weighted by Crippen LogP contribution is 2.41. The normalized spacial score (nSPS) is 11.7. The number of aromatic amines is 1. The van der Waals surface area contributed by atoms with E-state index in [1.165, 1.54) is 18.1 Å². The molecular weight excluding hydrogens is 336 g/mol. The Balaban J connectivity index is 2.16. The lowest BCUT2D eigenvalue weighted by Gasteiger charge is -2.13. The first-order chi connectivity index (χ1) is 11.0. The summed E-state index contributed by atoms with van der Waals surface area (Å²) in [6.45, 7) is 1.56. The summed E-state index contributed by atoms with van der Waals surface area (Å²) in [5.74, 6) is 0.0358. The van der Waals surface area contributed by atoms with Crippen molar-refractivity contribution in [1.29, 1.82) is 0 Å². The van der Waals surface area contributed by atoms with E-state index < -0.39 is 10.0 Å². The Bertz CT molecular complexity index is 940. The SMILES string of the molecule is CCS(=O)(=O)Nc1cc(Sc2ncn[nH]2)c(O)c2ccccc12. The van der Waals surface area contributed by atoms with Crippen LogP contribution in [-0.4, -0.2) is 34.5 Å². The summed E-state index contributed by atoms with van der Waals surface area (Å²) in [5.41, 5.74) is 0.419. The van der Waals surface area contributed by atoms with Crippen molar-refractivity contribution in [3.8, 4) is 5.75 Å². The fourth-order valence-electron chi connectivity index (χ4n) is 2.08. The van der Waals surface area contributed by atoms with Crippen LogP contribution in [-0.2, 0) is 10.0 Å². The van der Waals surface area contributed by atoms with E-state index in [0.717, 1.165) is 0 Å². The molecule has 3 rings (SSSR count). The number of hydrogen-bond acceptors (Lipinski definition) is 6. The standard InChI is InChI=1S/C14H14N4O3S2/c1-2-23(20,21)18-11-7-12(22-14-15-8-16-17-14)13(19)10-6-4-3-5-9(10)11/h3-8,18-19H,2H2,1H3,(H,15,16,17). The summed E-state index contributed by atoms with van der Waals surface area (Å²) in [4.78, 5) is 4.48. The van der Waals surface area contributed by atoms with Crippen LogP contribution in [0, 0.1) is 0 Å². The van der Waals surface area contributed by atoms with Gasteiger partial charge in [-0.1, -0.05) is 24.3 Å². The predicted molar refractivity (Wildman–Crippen MR) is 89.2 cm³/mol. The van der Waals surface area contributed by atoms with E-state index in [9.17, 15) is 13.5 Å². The van der Waals surface area contributed by atoms with Gasteiger partial charge >= 0.3 is 0 Å². The van der Waals surface area contributed by atoms with Crippen molar-refractivity contribution in [1.82, 2.24) is 15.2 Å². The Morgan fingerprint density at radius 3 is 2.70 bits per heavy atom. The highest BCUT2D eigenvalue weighted by Gasteiger charge is 2.16. The van der Waals surface area contributed by atoms with Crippen molar-refractivity contribution in [3.05, 3.63) is 36.7 Å². The molecule has 0 fully saturated rings. The fourth-order valence-corrected chi connectivity index (χ4v) is 3.52. The number of nitrogens with one attached hydrogen (secondary N) is 2. The van der Waals surface area contributed by atoms with Crippen LogP contribution in [0.4, 0.5) is 5.69 Å². The zero-order valence-corrected chi connectivity index (χ0v) is 13.8. The number of phenols is 1. The van der Waals surface area contributed by atoms with Gasteiger partial charge in [-0.2, -0.15) is 5.10 Å². The largest absolute Gasteiger partial charge is 0.506 e. The van der Waals surface area contributed by atoms with Gasteiger partial charge in [0.2, 0.25) is 10.0 Å². The third-order valence-corrected chi connectivity index (χ3v) is 5.44. The van der Waals surface area contributed by atoms with Crippen LogP contribution in [0.15, 0.2) is 46.7 Å². The lowest BCUT2D eigenvalue weighted by molar-refractivity contribution is 0.469. The lowest BCUT2D eigenvalue weighted by atomic mass is 10.1. The number of rotatable bonds is 5. The zero-order valence-electron chi connectivity index (χ0n) is 12.1. The minimum atomic E-state index is -3.43. The van der Waals surface area contributed by atoms with Crippen molar-refractivity contribution in [2.45, 2.75) is 17.0 Å². The molecule has 0 amide bonds. The van der Waals surface area contributed by atoms with Crippen molar-refractivity contribution in [2.24, 2.45) is 0 Å². The number of benzene rings is 2. The van der Waals surface area contributed by atoms with Crippen LogP contribution in [0.25, 0.3) is 10.8 Å².